The average Bonchev–Trinajstić information content (AvgIpc) is 3.19. The standard InChI is InChI=1S/C24H22N4O2/c1-16-12-23-25-14-20-15-27(11-10-22(20)28(23)26-16)24(29)18-8-6-17(7-9-18)19-4-3-5-21(13-19)30-2/h3-9,12-14H,10-11,15H2,1-2H3. The van der Waals surface area contributed by atoms with Crippen LogP contribution in [-0.4, -0.2) is 39.1 Å². The lowest BCUT2D eigenvalue weighted by molar-refractivity contribution is 0.0732. The topological polar surface area (TPSA) is 59.7 Å². The van der Waals surface area contributed by atoms with E-state index in [4.69, 9.17) is 4.74 Å². The molecule has 0 atom stereocenters. The van der Waals surface area contributed by atoms with Gasteiger partial charge in [-0.1, -0.05) is 24.3 Å². The lowest BCUT2D eigenvalue weighted by atomic mass is 10.0. The number of fused-ring (bicyclic) bond motifs is 3. The second-order valence-electron chi connectivity index (χ2n) is 7.57. The Morgan fingerprint density at radius 3 is 2.70 bits per heavy atom. The van der Waals surface area contributed by atoms with Crippen LogP contribution < -0.4 is 4.74 Å². The second-order valence-corrected chi connectivity index (χ2v) is 7.57. The van der Waals surface area contributed by atoms with Gasteiger partial charge in [0, 0.05) is 42.9 Å². The minimum atomic E-state index is 0.0367. The van der Waals surface area contributed by atoms with Crippen molar-refractivity contribution in [3.05, 3.63) is 83.3 Å². The molecule has 1 amide bonds. The first kappa shape index (κ1) is 18.4. The molecular weight excluding hydrogens is 376 g/mol. The summed E-state index contributed by atoms with van der Waals surface area (Å²) in [6, 6.07) is 17.6. The number of hydrogen-bond acceptors (Lipinski definition) is 4. The van der Waals surface area contributed by atoms with Crippen LogP contribution in [0.2, 0.25) is 0 Å². The molecule has 5 rings (SSSR count). The molecule has 0 unspecified atom stereocenters. The van der Waals surface area contributed by atoms with Gasteiger partial charge in [0.2, 0.25) is 0 Å². The van der Waals surface area contributed by atoms with Crippen LogP contribution in [0.1, 0.15) is 27.3 Å². The van der Waals surface area contributed by atoms with E-state index in [0.717, 1.165) is 45.9 Å². The van der Waals surface area contributed by atoms with E-state index in [1.807, 2.05) is 77.1 Å². The molecule has 30 heavy (non-hydrogen) atoms. The van der Waals surface area contributed by atoms with Crippen molar-refractivity contribution in [2.75, 3.05) is 13.7 Å². The molecule has 0 saturated carbocycles. The predicted octanol–water partition coefficient (Wildman–Crippen LogP) is 3.91. The van der Waals surface area contributed by atoms with Crippen LogP contribution >= 0.6 is 0 Å². The normalized spacial score (nSPS) is 13.3. The Morgan fingerprint density at radius 1 is 1.07 bits per heavy atom. The summed E-state index contributed by atoms with van der Waals surface area (Å²) in [6.07, 6.45) is 2.64. The summed E-state index contributed by atoms with van der Waals surface area (Å²) in [5, 5.41) is 4.55. The highest BCUT2D eigenvalue weighted by atomic mass is 16.5. The Balaban J connectivity index is 1.37. The van der Waals surface area contributed by atoms with Crippen LogP contribution in [0.25, 0.3) is 16.8 Å². The number of benzene rings is 2. The van der Waals surface area contributed by atoms with E-state index < -0.39 is 0 Å². The summed E-state index contributed by atoms with van der Waals surface area (Å²) in [7, 11) is 1.66. The fraction of sp³-hybridized carbons (Fsp3) is 0.208. The number of methoxy groups -OCH3 is 1. The molecule has 2 aromatic carbocycles. The van der Waals surface area contributed by atoms with Gasteiger partial charge >= 0.3 is 0 Å². The monoisotopic (exact) mass is 398 g/mol. The number of carbonyl (C=O) groups excluding carboxylic acids is 1. The van der Waals surface area contributed by atoms with Gasteiger partial charge in [0.15, 0.2) is 5.65 Å². The van der Waals surface area contributed by atoms with E-state index in [1.54, 1.807) is 7.11 Å². The molecule has 0 spiro atoms. The smallest absolute Gasteiger partial charge is 0.254 e. The predicted molar refractivity (Wildman–Crippen MR) is 115 cm³/mol. The molecule has 0 N–H and O–H groups in total. The first-order chi connectivity index (χ1) is 14.6. The van der Waals surface area contributed by atoms with E-state index in [2.05, 4.69) is 10.1 Å². The molecule has 1 aliphatic rings. The van der Waals surface area contributed by atoms with E-state index >= 15 is 0 Å². The van der Waals surface area contributed by atoms with Crippen LogP contribution in [0, 0.1) is 6.92 Å². The molecular formula is C24H22N4O2. The average molecular weight is 398 g/mol. The van der Waals surface area contributed by atoms with Crippen molar-refractivity contribution in [1.82, 2.24) is 19.5 Å². The van der Waals surface area contributed by atoms with E-state index in [0.29, 0.717) is 18.7 Å². The third kappa shape index (κ3) is 3.20. The van der Waals surface area contributed by atoms with Crippen LogP contribution in [-0.2, 0) is 13.0 Å². The van der Waals surface area contributed by atoms with Crippen molar-refractivity contribution in [2.45, 2.75) is 19.9 Å². The molecule has 6 nitrogen and oxygen atoms in total. The number of ether oxygens (including phenoxy) is 1. The number of carbonyl (C=O) groups is 1. The van der Waals surface area contributed by atoms with Gasteiger partial charge < -0.3 is 9.64 Å². The van der Waals surface area contributed by atoms with E-state index in [9.17, 15) is 4.79 Å². The van der Waals surface area contributed by atoms with Crippen molar-refractivity contribution < 1.29 is 9.53 Å². The molecule has 0 bridgehead atoms. The fourth-order valence-electron chi connectivity index (χ4n) is 4.02. The number of amides is 1. The number of hydrogen-bond donors (Lipinski definition) is 0. The van der Waals surface area contributed by atoms with Gasteiger partial charge in [-0.3, -0.25) is 4.79 Å². The summed E-state index contributed by atoms with van der Waals surface area (Å²) in [6.45, 7) is 3.18. The molecule has 150 valence electrons. The van der Waals surface area contributed by atoms with Gasteiger partial charge in [0.1, 0.15) is 5.75 Å². The first-order valence-electron chi connectivity index (χ1n) is 9.99. The van der Waals surface area contributed by atoms with Crippen LogP contribution in [0.5, 0.6) is 5.75 Å². The Bertz CT molecular complexity index is 1240. The Labute approximate surface area is 174 Å². The van der Waals surface area contributed by atoms with E-state index in [-0.39, 0.29) is 5.91 Å². The van der Waals surface area contributed by atoms with Crippen molar-refractivity contribution in [3.63, 3.8) is 0 Å². The number of aryl methyl sites for hydroxylation is 1. The Hall–Kier alpha value is -3.67. The number of rotatable bonds is 3. The molecule has 0 fully saturated rings. The first-order valence-corrected chi connectivity index (χ1v) is 9.99. The minimum Gasteiger partial charge on any atom is -0.497 e. The van der Waals surface area contributed by atoms with Crippen LogP contribution in [0.3, 0.4) is 0 Å². The van der Waals surface area contributed by atoms with Gasteiger partial charge in [-0.25, -0.2) is 9.50 Å². The van der Waals surface area contributed by atoms with Gasteiger partial charge in [0.05, 0.1) is 18.5 Å². The molecule has 0 saturated heterocycles. The van der Waals surface area contributed by atoms with Crippen molar-refractivity contribution in [2.24, 2.45) is 0 Å². The van der Waals surface area contributed by atoms with Crippen molar-refractivity contribution in [3.8, 4) is 16.9 Å². The SMILES string of the molecule is COc1cccc(-c2ccc(C(=O)N3CCc4c(cnc5cc(C)nn45)C3)cc2)c1. The Morgan fingerprint density at radius 2 is 1.90 bits per heavy atom. The molecule has 1 aliphatic heterocycles. The third-order valence-corrected chi connectivity index (χ3v) is 5.59. The minimum absolute atomic E-state index is 0.0367. The Kier molecular flexibility index (Phi) is 4.47. The summed E-state index contributed by atoms with van der Waals surface area (Å²) >= 11 is 0. The van der Waals surface area contributed by atoms with Crippen molar-refractivity contribution >= 4 is 11.6 Å². The fourth-order valence-corrected chi connectivity index (χ4v) is 4.02. The lowest BCUT2D eigenvalue weighted by Gasteiger charge is -2.29. The maximum absolute atomic E-state index is 13.1. The molecule has 0 radical (unpaired) electrons. The second kappa shape index (κ2) is 7.30. The summed E-state index contributed by atoms with van der Waals surface area (Å²) in [4.78, 5) is 19.5. The molecule has 4 aromatic rings. The zero-order valence-electron chi connectivity index (χ0n) is 17.0. The maximum Gasteiger partial charge on any atom is 0.254 e. The van der Waals surface area contributed by atoms with Gasteiger partial charge in [-0.2, -0.15) is 5.10 Å². The van der Waals surface area contributed by atoms with Gasteiger partial charge in [-0.15, -0.1) is 0 Å². The summed E-state index contributed by atoms with van der Waals surface area (Å²) < 4.78 is 7.21. The highest BCUT2D eigenvalue weighted by Crippen LogP contribution is 2.25. The van der Waals surface area contributed by atoms with Crippen LogP contribution in [0.4, 0.5) is 0 Å². The highest BCUT2D eigenvalue weighted by Gasteiger charge is 2.24. The maximum atomic E-state index is 13.1. The number of nitrogens with zero attached hydrogens (tertiary/aromatic N) is 4. The van der Waals surface area contributed by atoms with Gasteiger partial charge in [-0.05, 0) is 42.3 Å². The molecule has 6 heteroatoms. The molecule has 2 aromatic heterocycles. The van der Waals surface area contributed by atoms with Crippen molar-refractivity contribution in [1.29, 1.82) is 0 Å². The van der Waals surface area contributed by atoms with E-state index in [1.165, 1.54) is 0 Å². The quantitative estimate of drug-likeness (QED) is 0.525. The molecule has 0 aliphatic carbocycles. The largest absolute Gasteiger partial charge is 0.497 e. The lowest BCUT2D eigenvalue weighted by Crippen LogP contribution is -2.37. The summed E-state index contributed by atoms with van der Waals surface area (Å²) in [5.41, 5.74) is 6.81. The molecule has 3 heterocycles. The van der Waals surface area contributed by atoms with Crippen LogP contribution in [0.15, 0.2) is 60.8 Å². The number of aromatic nitrogens is 3. The van der Waals surface area contributed by atoms with Gasteiger partial charge in [0.25, 0.3) is 5.91 Å². The highest BCUT2D eigenvalue weighted by molar-refractivity contribution is 5.94. The zero-order valence-corrected chi connectivity index (χ0v) is 17.0. The third-order valence-electron chi connectivity index (χ3n) is 5.59. The zero-order chi connectivity index (χ0) is 20.7. The summed E-state index contributed by atoms with van der Waals surface area (Å²) in [5.74, 6) is 0.851.